The van der Waals surface area contributed by atoms with E-state index < -0.39 is 6.04 Å². The van der Waals surface area contributed by atoms with E-state index >= 15 is 0 Å². The maximum Gasteiger partial charge on any atom is 0.271 e. The van der Waals surface area contributed by atoms with Crippen LogP contribution in [0.15, 0.2) is 80.5 Å². The van der Waals surface area contributed by atoms with Gasteiger partial charge >= 0.3 is 0 Å². The Bertz CT molecular complexity index is 1740. The summed E-state index contributed by atoms with van der Waals surface area (Å²) in [4.78, 5) is 19.3. The topological polar surface area (TPSA) is 63.8 Å². The normalized spacial score (nSPS) is 16.8. The predicted molar refractivity (Wildman–Crippen MR) is 142 cm³/mol. The number of allylic oxidation sites excluding steroid dienone is 1. The number of aryl methyl sites for hydroxylation is 1. The van der Waals surface area contributed by atoms with Crippen molar-refractivity contribution in [2.24, 2.45) is 4.99 Å². The number of nitrogens with zero attached hydrogens (tertiary/aromatic N) is 2. The Morgan fingerprint density at radius 1 is 1.17 bits per heavy atom. The maximum atomic E-state index is 13.8. The van der Waals surface area contributed by atoms with Crippen molar-refractivity contribution in [3.05, 3.63) is 118 Å². The lowest BCUT2D eigenvalue weighted by molar-refractivity contribution is 0.372. The van der Waals surface area contributed by atoms with Gasteiger partial charge in [0.05, 0.1) is 23.4 Å². The molecule has 180 valence electrons. The summed E-state index contributed by atoms with van der Waals surface area (Å²) >= 11 is 4.70. The molecule has 0 amide bonds. The van der Waals surface area contributed by atoms with E-state index in [0.29, 0.717) is 25.1 Å². The number of ether oxygens (including phenoxy) is 1. The zero-order valence-electron chi connectivity index (χ0n) is 19.2. The van der Waals surface area contributed by atoms with Gasteiger partial charge in [-0.25, -0.2) is 9.38 Å². The summed E-state index contributed by atoms with van der Waals surface area (Å²) in [7, 11) is 1.48. The van der Waals surface area contributed by atoms with Crippen molar-refractivity contribution in [2.45, 2.75) is 18.9 Å². The first-order valence-electron chi connectivity index (χ1n) is 11.4. The van der Waals surface area contributed by atoms with Crippen LogP contribution < -0.4 is 19.6 Å². The molecule has 0 fully saturated rings. The van der Waals surface area contributed by atoms with Gasteiger partial charge in [-0.3, -0.25) is 9.36 Å². The van der Waals surface area contributed by atoms with Crippen LogP contribution in [0, 0.1) is 5.82 Å². The fraction of sp³-hybridized carbons (Fsp3) is 0.143. The lowest BCUT2D eigenvalue weighted by Gasteiger charge is -2.30. The molecule has 1 aromatic heterocycles. The molecule has 0 saturated carbocycles. The molecule has 0 bridgehead atoms. The first-order chi connectivity index (χ1) is 17.4. The highest BCUT2D eigenvalue weighted by Gasteiger charge is 2.32. The molecule has 0 spiro atoms. The molecule has 0 saturated heterocycles. The van der Waals surface area contributed by atoms with Crippen LogP contribution in [0.1, 0.15) is 34.7 Å². The number of benzene rings is 3. The van der Waals surface area contributed by atoms with Crippen LogP contribution >= 0.6 is 27.3 Å². The van der Waals surface area contributed by atoms with E-state index in [4.69, 9.17) is 9.73 Å². The molecule has 1 unspecified atom stereocenters. The van der Waals surface area contributed by atoms with Gasteiger partial charge in [-0.05, 0) is 59.9 Å². The lowest BCUT2D eigenvalue weighted by Crippen LogP contribution is -2.38. The largest absolute Gasteiger partial charge is 0.504 e. The minimum atomic E-state index is -0.391. The van der Waals surface area contributed by atoms with E-state index in [2.05, 4.69) is 28.1 Å². The molecule has 6 rings (SSSR count). The molecule has 1 N–H and O–H groups in total. The summed E-state index contributed by atoms with van der Waals surface area (Å²) in [5.74, 6) is -0.0667. The van der Waals surface area contributed by atoms with Crippen molar-refractivity contribution in [3.8, 4) is 11.5 Å². The number of halogens is 2. The van der Waals surface area contributed by atoms with Crippen molar-refractivity contribution in [1.29, 1.82) is 0 Å². The Hall–Kier alpha value is -3.49. The summed E-state index contributed by atoms with van der Waals surface area (Å²) in [6.07, 6.45) is 3.26. The number of fused-ring (bicyclic) bond motifs is 3. The number of rotatable bonds is 3. The fourth-order valence-corrected chi connectivity index (χ4v) is 6.42. The Labute approximate surface area is 218 Å². The van der Waals surface area contributed by atoms with Gasteiger partial charge in [-0.15, -0.1) is 0 Å². The number of hydrogen-bond acceptors (Lipinski definition) is 5. The van der Waals surface area contributed by atoms with Gasteiger partial charge in [0, 0.05) is 15.6 Å². The molecule has 5 nitrogen and oxygen atoms in total. The van der Waals surface area contributed by atoms with Crippen molar-refractivity contribution in [2.75, 3.05) is 7.11 Å². The lowest BCUT2D eigenvalue weighted by atomic mass is 9.83. The third-order valence-electron chi connectivity index (χ3n) is 6.63. The number of thiazole rings is 1. The van der Waals surface area contributed by atoms with Crippen molar-refractivity contribution in [1.82, 2.24) is 4.57 Å². The van der Waals surface area contributed by atoms with Crippen LogP contribution in [0.25, 0.3) is 11.8 Å². The molecule has 3 aromatic carbocycles. The van der Waals surface area contributed by atoms with Gasteiger partial charge in [0.2, 0.25) is 0 Å². The molecule has 0 radical (unpaired) electrons. The smallest absolute Gasteiger partial charge is 0.271 e. The number of phenols is 1. The molecule has 36 heavy (non-hydrogen) atoms. The van der Waals surface area contributed by atoms with E-state index in [1.807, 2.05) is 12.1 Å². The van der Waals surface area contributed by atoms with Gasteiger partial charge in [0.1, 0.15) is 5.82 Å². The second kappa shape index (κ2) is 8.87. The van der Waals surface area contributed by atoms with Gasteiger partial charge in [-0.1, -0.05) is 63.7 Å². The zero-order valence-corrected chi connectivity index (χ0v) is 21.6. The number of phenolic OH excluding ortho intramolecular Hbond substituents is 1. The first kappa shape index (κ1) is 22.9. The second-order valence-electron chi connectivity index (χ2n) is 8.71. The minimum Gasteiger partial charge on any atom is -0.504 e. The molecule has 2 aliphatic rings. The molecule has 1 aliphatic carbocycles. The van der Waals surface area contributed by atoms with Gasteiger partial charge < -0.3 is 9.84 Å². The number of aromatic nitrogens is 1. The van der Waals surface area contributed by atoms with E-state index in [1.54, 1.807) is 34.9 Å². The molecule has 1 aliphatic heterocycles. The number of methoxy groups -OCH3 is 1. The monoisotopic (exact) mass is 562 g/mol. The molecule has 1 atom stereocenters. The summed E-state index contributed by atoms with van der Waals surface area (Å²) in [6, 6.07) is 17.5. The summed E-state index contributed by atoms with van der Waals surface area (Å²) < 4.78 is 21.9. The number of aromatic hydroxyl groups is 1. The zero-order chi connectivity index (χ0) is 25.0. The van der Waals surface area contributed by atoms with Crippen LogP contribution in [0.2, 0.25) is 0 Å². The summed E-state index contributed by atoms with van der Waals surface area (Å²) in [5, 5.41) is 10.7. The van der Waals surface area contributed by atoms with Crippen LogP contribution in [-0.2, 0) is 6.42 Å². The van der Waals surface area contributed by atoms with Crippen molar-refractivity contribution in [3.63, 3.8) is 0 Å². The van der Waals surface area contributed by atoms with E-state index in [-0.39, 0.29) is 17.1 Å². The predicted octanol–water partition coefficient (Wildman–Crippen LogP) is 4.93. The Morgan fingerprint density at radius 2 is 1.94 bits per heavy atom. The quantitative estimate of drug-likeness (QED) is 0.385. The van der Waals surface area contributed by atoms with Gasteiger partial charge in [0.15, 0.2) is 16.3 Å². The Morgan fingerprint density at radius 3 is 2.72 bits per heavy atom. The maximum absolute atomic E-state index is 13.8. The standard InChI is InChI=1S/C28H20BrFN2O3S/c1-35-22-14-18(29)12-17(26(22)33)13-23-27(34)32-25(16-6-9-19(30)10-7-16)21-11-8-15-4-2-3-5-20(15)24(21)31-28(32)36-23/h2-7,9-10,12-14,25,33H,8,11H2,1H3. The van der Waals surface area contributed by atoms with Crippen LogP contribution in [-0.4, -0.2) is 16.8 Å². The average Bonchev–Trinajstić information content (AvgIpc) is 3.19. The second-order valence-corrected chi connectivity index (χ2v) is 10.6. The third kappa shape index (κ3) is 3.72. The highest BCUT2D eigenvalue weighted by molar-refractivity contribution is 9.10. The highest BCUT2D eigenvalue weighted by atomic mass is 79.9. The first-order valence-corrected chi connectivity index (χ1v) is 13.0. The van der Waals surface area contributed by atoms with Gasteiger partial charge in [0.25, 0.3) is 5.56 Å². The Balaban J connectivity index is 1.62. The average molecular weight is 563 g/mol. The van der Waals surface area contributed by atoms with Crippen LogP contribution in [0.4, 0.5) is 4.39 Å². The third-order valence-corrected chi connectivity index (χ3v) is 8.08. The molecular formula is C28H20BrFN2O3S. The van der Waals surface area contributed by atoms with Crippen molar-refractivity contribution >= 4 is 39.0 Å². The molecule has 4 aromatic rings. The SMILES string of the molecule is COc1cc(Br)cc(C=c2sc3n(c2=O)C(c2ccc(F)cc2)C2=C(N=3)c3ccccc3CC2)c1O. The van der Waals surface area contributed by atoms with Crippen LogP contribution in [0.5, 0.6) is 11.5 Å². The van der Waals surface area contributed by atoms with E-state index in [0.717, 1.165) is 35.2 Å². The minimum absolute atomic E-state index is 0.0464. The van der Waals surface area contributed by atoms with E-state index in [1.165, 1.54) is 36.1 Å². The molecule has 2 heterocycles. The van der Waals surface area contributed by atoms with Crippen molar-refractivity contribution < 1.29 is 14.2 Å². The highest BCUT2D eigenvalue weighted by Crippen LogP contribution is 2.41. The molecule has 8 heteroatoms. The van der Waals surface area contributed by atoms with E-state index in [9.17, 15) is 14.3 Å². The van der Waals surface area contributed by atoms with Gasteiger partial charge in [-0.2, -0.15) is 0 Å². The number of hydrogen-bond donors (Lipinski definition) is 1. The van der Waals surface area contributed by atoms with Crippen LogP contribution in [0.3, 0.4) is 0 Å². The Kier molecular flexibility index (Phi) is 5.65. The summed E-state index contributed by atoms with van der Waals surface area (Å²) in [5.41, 5.74) is 5.30. The fourth-order valence-electron chi connectivity index (χ4n) is 4.97. The molecular weight excluding hydrogens is 543 g/mol. The summed E-state index contributed by atoms with van der Waals surface area (Å²) in [6.45, 7) is 0.